The molecule has 0 bridgehead atoms. The fourth-order valence-electron chi connectivity index (χ4n) is 3.95. The maximum atomic E-state index is 12.8. The number of rotatable bonds is 4. The Morgan fingerprint density at radius 2 is 1.84 bits per heavy atom. The first-order chi connectivity index (χ1) is 11.8. The summed E-state index contributed by atoms with van der Waals surface area (Å²) in [6.07, 6.45) is 0.220. The van der Waals surface area contributed by atoms with Crippen LogP contribution in [-0.2, 0) is 15.2 Å². The van der Waals surface area contributed by atoms with Gasteiger partial charge in [0.05, 0.1) is 29.6 Å². The van der Waals surface area contributed by atoms with Gasteiger partial charge in [-0.25, -0.2) is 0 Å². The quantitative estimate of drug-likeness (QED) is 0.698. The van der Waals surface area contributed by atoms with Crippen molar-refractivity contribution in [2.75, 3.05) is 13.1 Å². The molecule has 1 aromatic carbocycles. The van der Waals surface area contributed by atoms with E-state index in [1.165, 1.54) is 0 Å². The van der Waals surface area contributed by atoms with Gasteiger partial charge in [0.2, 0.25) is 11.8 Å². The second-order valence-electron chi connectivity index (χ2n) is 7.31. The third kappa shape index (κ3) is 3.28. The summed E-state index contributed by atoms with van der Waals surface area (Å²) >= 11 is 0. The molecule has 6 heteroatoms. The maximum Gasteiger partial charge on any atom is 0.228 e. The normalized spacial score (nSPS) is 27.8. The van der Waals surface area contributed by atoms with Crippen molar-refractivity contribution >= 4 is 11.8 Å². The molecule has 0 radical (unpaired) electrons. The number of benzene rings is 1. The first-order valence-electron chi connectivity index (χ1n) is 8.88. The van der Waals surface area contributed by atoms with Crippen molar-refractivity contribution in [3.63, 3.8) is 0 Å². The van der Waals surface area contributed by atoms with Gasteiger partial charge in [-0.05, 0) is 25.3 Å². The molecule has 3 rings (SSSR count). The number of amides is 2. The Hall–Kier alpha value is -1.92. The molecule has 2 saturated heterocycles. The lowest BCUT2D eigenvalue weighted by Gasteiger charge is -2.44. The van der Waals surface area contributed by atoms with E-state index < -0.39 is 17.6 Å². The molecule has 6 nitrogen and oxygen atoms in total. The molecule has 136 valence electrons. The molecule has 2 fully saturated rings. The zero-order valence-electron chi connectivity index (χ0n) is 14.7. The number of piperidine rings is 1. The van der Waals surface area contributed by atoms with Crippen LogP contribution in [0.5, 0.6) is 0 Å². The van der Waals surface area contributed by atoms with Crippen molar-refractivity contribution in [1.82, 2.24) is 10.2 Å². The Morgan fingerprint density at radius 1 is 1.24 bits per heavy atom. The van der Waals surface area contributed by atoms with Crippen LogP contribution in [0, 0.1) is 11.8 Å². The third-order valence-electron chi connectivity index (χ3n) is 5.66. The number of nitrogens with zero attached hydrogens (tertiary/aromatic N) is 1. The fraction of sp³-hybridized carbons (Fsp3) is 0.579. The Morgan fingerprint density at radius 3 is 2.36 bits per heavy atom. The van der Waals surface area contributed by atoms with Gasteiger partial charge in [0.1, 0.15) is 0 Å². The van der Waals surface area contributed by atoms with Crippen LogP contribution in [0.4, 0.5) is 0 Å². The van der Waals surface area contributed by atoms with Crippen LogP contribution >= 0.6 is 0 Å². The van der Waals surface area contributed by atoms with Gasteiger partial charge in [-0.1, -0.05) is 37.3 Å². The summed E-state index contributed by atoms with van der Waals surface area (Å²) < 4.78 is 0. The molecule has 1 aromatic rings. The average molecular weight is 346 g/mol. The van der Waals surface area contributed by atoms with Crippen LogP contribution in [0.15, 0.2) is 30.3 Å². The minimum atomic E-state index is -0.895. The summed E-state index contributed by atoms with van der Waals surface area (Å²) in [4.78, 5) is 26.1. The monoisotopic (exact) mass is 346 g/mol. The van der Waals surface area contributed by atoms with Gasteiger partial charge in [-0.3, -0.25) is 9.59 Å². The predicted molar refractivity (Wildman–Crippen MR) is 92.4 cm³/mol. The van der Waals surface area contributed by atoms with Crippen molar-refractivity contribution in [2.45, 2.75) is 44.4 Å². The molecule has 4 atom stereocenters. The van der Waals surface area contributed by atoms with E-state index in [0.717, 1.165) is 5.56 Å². The Bertz CT molecular complexity index is 638. The highest BCUT2D eigenvalue weighted by atomic mass is 16.3. The molecule has 3 N–H and O–H groups in total. The van der Waals surface area contributed by atoms with E-state index in [1.807, 2.05) is 30.3 Å². The highest BCUT2D eigenvalue weighted by Gasteiger charge is 2.48. The number of carbonyl (C=O) groups excluding carboxylic acids is 2. The van der Waals surface area contributed by atoms with Gasteiger partial charge in [0.25, 0.3) is 0 Å². The second-order valence-corrected chi connectivity index (χ2v) is 7.31. The summed E-state index contributed by atoms with van der Waals surface area (Å²) in [5, 5.41) is 23.3. The number of likely N-dealkylation sites (tertiary alicyclic amines) is 1. The van der Waals surface area contributed by atoms with Crippen molar-refractivity contribution in [1.29, 1.82) is 0 Å². The molecule has 0 aromatic heterocycles. The highest BCUT2D eigenvalue weighted by molar-refractivity contribution is 5.90. The van der Waals surface area contributed by atoms with Gasteiger partial charge in [-0.2, -0.15) is 0 Å². The van der Waals surface area contributed by atoms with Crippen molar-refractivity contribution in [2.24, 2.45) is 11.8 Å². The number of hydrogen-bond donors (Lipinski definition) is 3. The third-order valence-corrected chi connectivity index (χ3v) is 5.66. The number of hydrogen-bond acceptors (Lipinski definition) is 4. The SMILES string of the molecule is CC(C(=O)N1CCC(O)(c2ccccc2)CC1)[C@H]1NC(=O)[C@@H]1C(C)O. The van der Waals surface area contributed by atoms with Crippen molar-refractivity contribution < 1.29 is 19.8 Å². The largest absolute Gasteiger partial charge is 0.393 e. The van der Waals surface area contributed by atoms with E-state index >= 15 is 0 Å². The van der Waals surface area contributed by atoms with Gasteiger partial charge in [0, 0.05) is 13.1 Å². The lowest BCUT2D eigenvalue weighted by molar-refractivity contribution is -0.150. The first kappa shape index (κ1) is 17.9. The molecule has 2 aliphatic heterocycles. The van der Waals surface area contributed by atoms with E-state index in [9.17, 15) is 19.8 Å². The molecule has 2 amide bonds. The van der Waals surface area contributed by atoms with E-state index in [1.54, 1.807) is 18.7 Å². The fourth-order valence-corrected chi connectivity index (χ4v) is 3.95. The smallest absolute Gasteiger partial charge is 0.228 e. The Kier molecular flexibility index (Phi) is 4.84. The maximum absolute atomic E-state index is 12.8. The number of β-lactam (4-membered cyclic amide) rings is 1. The average Bonchev–Trinajstić information content (AvgIpc) is 2.59. The van der Waals surface area contributed by atoms with Crippen LogP contribution < -0.4 is 5.32 Å². The molecule has 2 heterocycles. The number of nitrogens with one attached hydrogen (secondary N) is 1. The van der Waals surface area contributed by atoms with Gasteiger partial charge in [-0.15, -0.1) is 0 Å². The Labute approximate surface area is 147 Å². The zero-order chi connectivity index (χ0) is 18.2. The van der Waals surface area contributed by atoms with Crippen LogP contribution in [0.1, 0.15) is 32.3 Å². The summed E-state index contributed by atoms with van der Waals surface area (Å²) in [7, 11) is 0. The van der Waals surface area contributed by atoms with Crippen LogP contribution in [0.25, 0.3) is 0 Å². The summed E-state index contributed by atoms with van der Waals surface area (Å²) in [6, 6.07) is 9.23. The minimum absolute atomic E-state index is 0.0363. The van der Waals surface area contributed by atoms with E-state index in [-0.39, 0.29) is 23.8 Å². The van der Waals surface area contributed by atoms with Crippen molar-refractivity contribution in [3.05, 3.63) is 35.9 Å². The van der Waals surface area contributed by atoms with E-state index in [4.69, 9.17) is 0 Å². The predicted octanol–water partition coefficient (Wildman–Crippen LogP) is 0.628. The molecule has 25 heavy (non-hydrogen) atoms. The second kappa shape index (κ2) is 6.77. The molecular weight excluding hydrogens is 320 g/mol. The zero-order valence-corrected chi connectivity index (χ0v) is 14.7. The van der Waals surface area contributed by atoms with Gasteiger partial charge >= 0.3 is 0 Å². The molecule has 0 saturated carbocycles. The van der Waals surface area contributed by atoms with Gasteiger partial charge < -0.3 is 20.4 Å². The summed E-state index contributed by atoms with van der Waals surface area (Å²) in [6.45, 7) is 4.33. The standard InChI is InChI=1S/C19H26N2O4/c1-12(16-15(13(2)22)17(23)20-16)18(24)21-10-8-19(25,9-11-21)14-6-4-3-5-7-14/h3-7,12-13,15-16,22,25H,8-11H2,1-2H3,(H,20,23)/t12?,13?,15-,16-/m1/s1. The topological polar surface area (TPSA) is 89.9 Å². The van der Waals surface area contributed by atoms with E-state index in [0.29, 0.717) is 25.9 Å². The lowest BCUT2D eigenvalue weighted by Crippen LogP contribution is -2.66. The number of aliphatic hydroxyl groups excluding tert-OH is 1. The minimum Gasteiger partial charge on any atom is -0.393 e. The first-order valence-corrected chi connectivity index (χ1v) is 8.88. The number of aliphatic hydroxyl groups is 2. The summed E-state index contributed by atoms with van der Waals surface area (Å²) in [5.41, 5.74) is -0.00994. The van der Waals surface area contributed by atoms with Crippen molar-refractivity contribution in [3.8, 4) is 0 Å². The van der Waals surface area contributed by atoms with Gasteiger partial charge in [0.15, 0.2) is 0 Å². The lowest BCUT2D eigenvalue weighted by atomic mass is 9.78. The molecule has 2 aliphatic rings. The van der Waals surface area contributed by atoms with Crippen LogP contribution in [0.3, 0.4) is 0 Å². The molecule has 2 unspecified atom stereocenters. The van der Waals surface area contributed by atoms with E-state index in [2.05, 4.69) is 5.32 Å². The van der Waals surface area contributed by atoms with Crippen LogP contribution in [0.2, 0.25) is 0 Å². The number of carbonyl (C=O) groups is 2. The Balaban J connectivity index is 1.61. The molecule has 0 spiro atoms. The molecular formula is C19H26N2O4. The summed E-state index contributed by atoms with van der Waals surface area (Å²) in [5.74, 6) is -1.15. The highest BCUT2D eigenvalue weighted by Crippen LogP contribution is 2.34. The van der Waals surface area contributed by atoms with Crippen LogP contribution in [-0.4, -0.2) is 52.2 Å². The molecule has 0 aliphatic carbocycles.